The number of benzene rings is 4. The number of carbonyl (C=O) groups excluding carboxylic acids is 3. The van der Waals surface area contributed by atoms with Gasteiger partial charge in [0.15, 0.2) is 6.61 Å². The number of amides is 3. The Morgan fingerprint density at radius 2 is 1.75 bits per heavy atom. The van der Waals surface area contributed by atoms with E-state index in [4.69, 9.17) is 16.3 Å². The van der Waals surface area contributed by atoms with Gasteiger partial charge in [-0.05, 0) is 53.9 Å². The second kappa shape index (κ2) is 11.2. The van der Waals surface area contributed by atoms with Gasteiger partial charge in [-0.1, -0.05) is 71.1 Å². The van der Waals surface area contributed by atoms with E-state index in [1.54, 1.807) is 24.3 Å². The molecule has 2 aliphatic rings. The molecule has 0 aliphatic carbocycles. The number of hydrogen-bond acceptors (Lipinski definition) is 7. The Morgan fingerprint density at radius 1 is 0.977 bits per heavy atom. The number of carbonyl (C=O) groups is 3. The van der Waals surface area contributed by atoms with E-state index in [0.29, 0.717) is 26.2 Å². The van der Waals surface area contributed by atoms with Crippen LogP contribution in [0.1, 0.15) is 16.4 Å². The number of rotatable bonds is 6. The molecule has 0 saturated carbocycles. The fourth-order valence-electron chi connectivity index (χ4n) is 5.75. The Morgan fingerprint density at radius 3 is 2.57 bits per heavy atom. The molecule has 220 valence electrons. The average Bonchev–Trinajstić information content (AvgIpc) is 3.51. The normalized spacial score (nSPS) is 19.1. The number of halogens is 2. The summed E-state index contributed by atoms with van der Waals surface area (Å²) >= 11 is 8.50. The fraction of sp³-hybridized carbons (Fsp3) is 0.125. The molecule has 5 aromatic rings. The number of nitrogens with zero attached hydrogens (tertiary/aromatic N) is 1. The monoisotopic (exact) mass is 645 g/mol. The molecule has 2 aliphatic heterocycles. The van der Waals surface area contributed by atoms with E-state index in [1.165, 1.54) is 24.3 Å². The molecule has 0 bridgehead atoms. The third-order valence-corrected chi connectivity index (χ3v) is 10.3. The third kappa shape index (κ3) is 4.96. The maximum Gasteiger partial charge on any atom is 0.305 e. The number of ether oxygens (including phenoxy) is 1. The molecule has 3 amide bonds. The second-order valence-corrected chi connectivity index (χ2v) is 12.9. The molecule has 1 fully saturated rings. The first kappa shape index (κ1) is 28.3. The highest BCUT2D eigenvalue weighted by Crippen LogP contribution is 2.54. The zero-order valence-corrected chi connectivity index (χ0v) is 25.0. The quantitative estimate of drug-likeness (QED) is 0.213. The maximum atomic E-state index is 14.0. The van der Waals surface area contributed by atoms with Crippen LogP contribution in [0.3, 0.4) is 0 Å². The molecule has 4 aromatic carbocycles. The number of thioether (sulfide) groups is 1. The molecule has 3 atom stereocenters. The fourth-order valence-corrected chi connectivity index (χ4v) is 8.44. The van der Waals surface area contributed by atoms with Crippen molar-refractivity contribution < 1.29 is 23.5 Å². The van der Waals surface area contributed by atoms with Gasteiger partial charge < -0.3 is 15.0 Å². The van der Waals surface area contributed by atoms with Crippen LogP contribution in [0.15, 0.2) is 94.7 Å². The van der Waals surface area contributed by atoms with Crippen molar-refractivity contribution in [2.45, 2.75) is 16.2 Å². The average molecular weight is 646 g/mol. The lowest BCUT2D eigenvalue weighted by Crippen LogP contribution is -2.32. The summed E-state index contributed by atoms with van der Waals surface area (Å²) in [7, 11) is 0. The molecule has 2 N–H and O–H groups in total. The Bertz CT molecular complexity index is 2020. The number of anilines is 2. The summed E-state index contributed by atoms with van der Waals surface area (Å²) in [6.45, 7) is -0.349. The van der Waals surface area contributed by atoms with Crippen molar-refractivity contribution in [3.05, 3.63) is 116 Å². The lowest BCUT2D eigenvalue weighted by atomic mass is 9.82. The number of fused-ring (bicyclic) bond motifs is 3. The summed E-state index contributed by atoms with van der Waals surface area (Å²) in [5, 5.41) is 4.71. The number of nitrogens with one attached hydrogen (secondary N) is 2. The number of imide groups is 1. The van der Waals surface area contributed by atoms with Crippen LogP contribution in [0.2, 0.25) is 5.02 Å². The molecule has 0 spiro atoms. The van der Waals surface area contributed by atoms with Crippen molar-refractivity contribution in [3.63, 3.8) is 0 Å². The van der Waals surface area contributed by atoms with Gasteiger partial charge in [0, 0.05) is 32.5 Å². The first-order valence-electron chi connectivity index (χ1n) is 13.5. The van der Waals surface area contributed by atoms with Crippen molar-refractivity contribution in [3.8, 4) is 5.75 Å². The van der Waals surface area contributed by atoms with Gasteiger partial charge in [0.1, 0.15) is 16.8 Å². The number of hydrogen-bond donors (Lipinski definition) is 2. The smallest absolute Gasteiger partial charge is 0.305 e. The Kier molecular flexibility index (Phi) is 7.23. The maximum absolute atomic E-state index is 14.0. The lowest BCUT2D eigenvalue weighted by Gasteiger charge is -2.31. The molecule has 1 saturated heterocycles. The van der Waals surface area contributed by atoms with Crippen LogP contribution in [-0.2, 0) is 14.4 Å². The van der Waals surface area contributed by atoms with Gasteiger partial charge in [0.05, 0.1) is 16.6 Å². The summed E-state index contributed by atoms with van der Waals surface area (Å²) < 4.78 is 19.7. The second-order valence-electron chi connectivity index (χ2n) is 10.3. The lowest BCUT2D eigenvalue weighted by molar-refractivity contribution is -0.122. The number of H-pyrrole nitrogens is 1. The van der Waals surface area contributed by atoms with Crippen LogP contribution in [0.25, 0.3) is 10.8 Å². The minimum absolute atomic E-state index is 0.250. The molecule has 0 unspecified atom stereocenters. The van der Waals surface area contributed by atoms with E-state index in [-0.39, 0.29) is 22.9 Å². The Balaban J connectivity index is 1.23. The first-order valence-corrected chi connectivity index (χ1v) is 15.6. The van der Waals surface area contributed by atoms with Gasteiger partial charge in [0.2, 0.25) is 11.8 Å². The predicted molar refractivity (Wildman–Crippen MR) is 168 cm³/mol. The van der Waals surface area contributed by atoms with Crippen LogP contribution >= 0.6 is 34.7 Å². The SMILES string of the molecule is O=C(COc1ccc(Cl)cc1[C@@H]1c2sc(=O)[nH]c2S[C@H]2C(=O)N(c3ccc(F)cc3)C(=O)[C@@H]12)Nc1cccc2ccccc12. The minimum Gasteiger partial charge on any atom is -0.483 e. The van der Waals surface area contributed by atoms with Crippen LogP contribution in [0, 0.1) is 11.7 Å². The topological polar surface area (TPSA) is 109 Å². The first-order chi connectivity index (χ1) is 21.3. The van der Waals surface area contributed by atoms with E-state index in [9.17, 15) is 23.6 Å². The number of thiazole rings is 1. The summed E-state index contributed by atoms with van der Waals surface area (Å²) in [5.41, 5.74) is 1.35. The molecule has 12 heteroatoms. The van der Waals surface area contributed by atoms with Crippen molar-refractivity contribution >= 4 is 74.6 Å². The molecule has 8 nitrogen and oxygen atoms in total. The van der Waals surface area contributed by atoms with Crippen molar-refractivity contribution in [1.29, 1.82) is 0 Å². The Labute approximate surface area is 262 Å². The molecule has 7 rings (SSSR count). The van der Waals surface area contributed by atoms with E-state index in [0.717, 1.165) is 38.8 Å². The summed E-state index contributed by atoms with van der Waals surface area (Å²) in [6, 6.07) is 23.2. The molecule has 0 radical (unpaired) electrons. The molecule has 3 heterocycles. The van der Waals surface area contributed by atoms with Gasteiger partial charge in [0.25, 0.3) is 5.91 Å². The van der Waals surface area contributed by atoms with E-state index in [2.05, 4.69) is 10.3 Å². The van der Waals surface area contributed by atoms with Crippen molar-refractivity contribution in [1.82, 2.24) is 4.98 Å². The zero-order valence-electron chi connectivity index (χ0n) is 22.6. The van der Waals surface area contributed by atoms with Gasteiger partial charge in [-0.25, -0.2) is 9.29 Å². The predicted octanol–water partition coefficient (Wildman–Crippen LogP) is 6.20. The van der Waals surface area contributed by atoms with Crippen molar-refractivity contribution in [2.75, 3.05) is 16.8 Å². The molecular weight excluding hydrogens is 625 g/mol. The summed E-state index contributed by atoms with van der Waals surface area (Å²) in [5.74, 6) is -3.28. The standard InChI is InChI=1S/C32H21ClFN3O5S2/c33-17-8-13-23(42-15-24(38)35-22-7-3-5-16-4-1-2-6-20(16)22)21(14-17)25-26-28(43-29-27(25)44-32(41)36-29)31(40)37(30(26)39)19-11-9-18(34)10-12-19/h1-14,25-26,28H,15H2,(H,35,38)(H,36,41)/t25-,26-,28+/m0/s1. The molecule has 1 aromatic heterocycles. The molecular formula is C32H21ClFN3O5S2. The minimum atomic E-state index is -0.915. The summed E-state index contributed by atoms with van der Waals surface area (Å²) in [4.78, 5) is 57.3. The Hall–Kier alpha value is -4.45. The van der Waals surface area contributed by atoms with Crippen LogP contribution < -0.4 is 19.8 Å². The van der Waals surface area contributed by atoms with E-state index < -0.39 is 40.6 Å². The van der Waals surface area contributed by atoms with Crippen molar-refractivity contribution in [2.24, 2.45) is 5.92 Å². The van der Waals surface area contributed by atoms with Gasteiger partial charge in [-0.15, -0.1) is 0 Å². The summed E-state index contributed by atoms with van der Waals surface area (Å²) in [6.07, 6.45) is 0. The highest BCUT2D eigenvalue weighted by Gasteiger charge is 2.56. The van der Waals surface area contributed by atoms with Crippen LogP contribution in [0.5, 0.6) is 5.75 Å². The molecule has 44 heavy (non-hydrogen) atoms. The number of aromatic nitrogens is 1. The number of aromatic amines is 1. The van der Waals surface area contributed by atoms with E-state index in [1.807, 2.05) is 36.4 Å². The highest BCUT2D eigenvalue weighted by molar-refractivity contribution is 8.00. The largest absolute Gasteiger partial charge is 0.483 e. The van der Waals surface area contributed by atoms with Gasteiger partial charge >= 0.3 is 4.87 Å². The third-order valence-electron chi connectivity index (χ3n) is 7.64. The highest BCUT2D eigenvalue weighted by atomic mass is 35.5. The van der Waals surface area contributed by atoms with E-state index >= 15 is 0 Å². The van der Waals surface area contributed by atoms with Gasteiger partial charge in [-0.2, -0.15) is 0 Å². The van der Waals surface area contributed by atoms with Gasteiger partial charge in [-0.3, -0.25) is 19.2 Å². The van der Waals surface area contributed by atoms with Crippen LogP contribution in [0.4, 0.5) is 15.8 Å². The van der Waals surface area contributed by atoms with Crippen LogP contribution in [-0.4, -0.2) is 34.6 Å². The zero-order chi connectivity index (χ0) is 30.5.